The van der Waals surface area contributed by atoms with Crippen LogP contribution < -0.4 is 5.48 Å². The predicted molar refractivity (Wildman–Crippen MR) is 68.3 cm³/mol. The van der Waals surface area contributed by atoms with E-state index >= 15 is 0 Å². The molecule has 0 amide bonds. The second-order valence-electron chi connectivity index (χ2n) is 6.30. The maximum Gasteiger partial charge on any atom is 0.0813 e. The smallest absolute Gasteiger partial charge is 0.0813 e. The van der Waals surface area contributed by atoms with Crippen LogP contribution in [0.3, 0.4) is 0 Å². The molecular weight excluding hydrogens is 200 g/mol. The Labute approximate surface area is 100 Å². The lowest BCUT2D eigenvalue weighted by Crippen LogP contribution is -2.45. The van der Waals surface area contributed by atoms with E-state index in [-0.39, 0.29) is 5.60 Å². The molecule has 3 heteroatoms. The highest BCUT2D eigenvalue weighted by molar-refractivity contribution is 4.76. The SMILES string of the molecule is CC(C)CN1CCC(NOC(C)(C)C)CC1. The van der Waals surface area contributed by atoms with Crippen molar-refractivity contribution in [1.82, 2.24) is 10.4 Å². The first-order chi connectivity index (χ1) is 7.37. The van der Waals surface area contributed by atoms with E-state index in [0.717, 1.165) is 5.92 Å². The molecule has 1 N–H and O–H groups in total. The maximum absolute atomic E-state index is 5.62. The lowest BCUT2D eigenvalue weighted by atomic mass is 10.0. The maximum atomic E-state index is 5.62. The van der Waals surface area contributed by atoms with E-state index in [0.29, 0.717) is 6.04 Å². The van der Waals surface area contributed by atoms with Crippen molar-refractivity contribution in [3.63, 3.8) is 0 Å². The van der Waals surface area contributed by atoms with Gasteiger partial charge in [-0.05, 0) is 52.6 Å². The zero-order valence-corrected chi connectivity index (χ0v) is 11.5. The minimum absolute atomic E-state index is 0.0882. The third kappa shape index (κ3) is 5.83. The molecule has 1 saturated heterocycles. The second-order valence-corrected chi connectivity index (χ2v) is 6.30. The van der Waals surface area contributed by atoms with Crippen molar-refractivity contribution in [2.24, 2.45) is 5.92 Å². The fraction of sp³-hybridized carbons (Fsp3) is 1.00. The lowest BCUT2D eigenvalue weighted by molar-refractivity contribution is -0.0954. The molecule has 1 fully saturated rings. The Kier molecular flexibility index (Phi) is 5.22. The number of likely N-dealkylation sites (tertiary alicyclic amines) is 1. The van der Waals surface area contributed by atoms with Crippen molar-refractivity contribution in [2.45, 2.75) is 59.1 Å². The first-order valence-electron chi connectivity index (χ1n) is 6.53. The van der Waals surface area contributed by atoms with E-state index in [1.54, 1.807) is 0 Å². The third-order valence-electron chi connectivity index (χ3n) is 2.74. The van der Waals surface area contributed by atoms with Crippen LogP contribution in [-0.2, 0) is 4.84 Å². The van der Waals surface area contributed by atoms with Gasteiger partial charge in [0.15, 0.2) is 0 Å². The summed E-state index contributed by atoms with van der Waals surface area (Å²) in [5, 5.41) is 0. The zero-order valence-electron chi connectivity index (χ0n) is 11.5. The van der Waals surface area contributed by atoms with Gasteiger partial charge in [-0.15, -0.1) is 0 Å². The number of piperidine rings is 1. The summed E-state index contributed by atoms with van der Waals surface area (Å²) in [7, 11) is 0. The summed E-state index contributed by atoms with van der Waals surface area (Å²) in [6.45, 7) is 14.4. The van der Waals surface area contributed by atoms with E-state index in [2.05, 4.69) is 45.0 Å². The average Bonchev–Trinajstić information content (AvgIpc) is 2.14. The Hall–Kier alpha value is -0.120. The number of nitrogens with zero attached hydrogens (tertiary/aromatic N) is 1. The van der Waals surface area contributed by atoms with Crippen LogP contribution in [0.25, 0.3) is 0 Å². The fourth-order valence-corrected chi connectivity index (χ4v) is 2.01. The molecule has 0 unspecified atom stereocenters. The molecule has 0 aromatic heterocycles. The van der Waals surface area contributed by atoms with Crippen molar-refractivity contribution in [3.05, 3.63) is 0 Å². The number of rotatable bonds is 4. The van der Waals surface area contributed by atoms with Gasteiger partial charge in [-0.3, -0.25) is 4.84 Å². The molecule has 1 aliphatic rings. The van der Waals surface area contributed by atoms with Gasteiger partial charge in [0.25, 0.3) is 0 Å². The molecule has 16 heavy (non-hydrogen) atoms. The van der Waals surface area contributed by atoms with Gasteiger partial charge in [0.05, 0.1) is 5.60 Å². The van der Waals surface area contributed by atoms with Gasteiger partial charge in [0.2, 0.25) is 0 Å². The van der Waals surface area contributed by atoms with E-state index in [4.69, 9.17) is 4.84 Å². The molecule has 0 spiro atoms. The van der Waals surface area contributed by atoms with Gasteiger partial charge in [0, 0.05) is 12.6 Å². The monoisotopic (exact) mass is 228 g/mol. The molecular formula is C13H28N2O. The van der Waals surface area contributed by atoms with E-state index in [1.807, 2.05) is 0 Å². The number of hydroxylamine groups is 1. The van der Waals surface area contributed by atoms with Gasteiger partial charge >= 0.3 is 0 Å². The molecule has 96 valence electrons. The highest BCUT2D eigenvalue weighted by atomic mass is 16.7. The molecule has 1 rings (SSSR count). The Morgan fingerprint density at radius 3 is 2.25 bits per heavy atom. The fourth-order valence-electron chi connectivity index (χ4n) is 2.01. The minimum atomic E-state index is -0.0882. The summed E-state index contributed by atoms with van der Waals surface area (Å²) in [6, 6.07) is 0.530. The topological polar surface area (TPSA) is 24.5 Å². The van der Waals surface area contributed by atoms with Crippen LogP contribution >= 0.6 is 0 Å². The molecule has 0 atom stereocenters. The summed E-state index contributed by atoms with van der Waals surface area (Å²) < 4.78 is 0. The van der Waals surface area contributed by atoms with Crippen molar-refractivity contribution in [1.29, 1.82) is 0 Å². The van der Waals surface area contributed by atoms with Gasteiger partial charge < -0.3 is 4.90 Å². The van der Waals surface area contributed by atoms with E-state index in [1.165, 1.54) is 32.5 Å². The second kappa shape index (κ2) is 5.99. The molecule has 0 saturated carbocycles. The average molecular weight is 228 g/mol. The molecule has 0 aromatic carbocycles. The summed E-state index contributed by atoms with van der Waals surface area (Å²) in [6.07, 6.45) is 2.39. The summed E-state index contributed by atoms with van der Waals surface area (Å²) in [4.78, 5) is 8.17. The van der Waals surface area contributed by atoms with Crippen LogP contribution in [0.4, 0.5) is 0 Å². The molecule has 0 radical (unpaired) electrons. The first-order valence-corrected chi connectivity index (χ1v) is 6.53. The van der Waals surface area contributed by atoms with Crippen LogP contribution in [-0.4, -0.2) is 36.2 Å². The molecule has 0 aromatic rings. The molecule has 0 bridgehead atoms. The minimum Gasteiger partial charge on any atom is -0.303 e. The van der Waals surface area contributed by atoms with Crippen molar-refractivity contribution in [3.8, 4) is 0 Å². The summed E-state index contributed by atoms with van der Waals surface area (Å²) in [5.74, 6) is 0.773. The summed E-state index contributed by atoms with van der Waals surface area (Å²) >= 11 is 0. The Morgan fingerprint density at radius 2 is 1.81 bits per heavy atom. The van der Waals surface area contributed by atoms with Gasteiger partial charge in [-0.1, -0.05) is 13.8 Å². The number of nitrogens with one attached hydrogen (secondary N) is 1. The Balaban J connectivity index is 2.17. The van der Waals surface area contributed by atoms with Crippen LogP contribution in [0.15, 0.2) is 0 Å². The van der Waals surface area contributed by atoms with Crippen molar-refractivity contribution < 1.29 is 4.84 Å². The van der Waals surface area contributed by atoms with E-state index < -0.39 is 0 Å². The Morgan fingerprint density at radius 1 is 1.25 bits per heavy atom. The zero-order chi connectivity index (χ0) is 12.2. The molecule has 0 aliphatic carbocycles. The highest BCUT2D eigenvalue weighted by Gasteiger charge is 2.21. The highest BCUT2D eigenvalue weighted by Crippen LogP contribution is 2.13. The molecule has 1 aliphatic heterocycles. The van der Waals surface area contributed by atoms with Gasteiger partial charge in [0.1, 0.15) is 0 Å². The largest absolute Gasteiger partial charge is 0.303 e. The van der Waals surface area contributed by atoms with Gasteiger partial charge in [-0.25, -0.2) is 0 Å². The Bertz CT molecular complexity index is 191. The van der Waals surface area contributed by atoms with Crippen molar-refractivity contribution in [2.75, 3.05) is 19.6 Å². The first kappa shape index (κ1) is 13.9. The van der Waals surface area contributed by atoms with Crippen LogP contribution in [0.1, 0.15) is 47.5 Å². The third-order valence-corrected chi connectivity index (χ3v) is 2.74. The van der Waals surface area contributed by atoms with Crippen LogP contribution in [0.5, 0.6) is 0 Å². The number of hydrogen-bond donors (Lipinski definition) is 1. The molecule has 3 nitrogen and oxygen atoms in total. The quantitative estimate of drug-likeness (QED) is 0.748. The van der Waals surface area contributed by atoms with E-state index in [9.17, 15) is 0 Å². The normalized spacial score (nSPS) is 20.6. The summed E-state index contributed by atoms with van der Waals surface area (Å²) in [5.41, 5.74) is 3.12. The van der Waals surface area contributed by atoms with Gasteiger partial charge in [-0.2, -0.15) is 5.48 Å². The van der Waals surface area contributed by atoms with Crippen LogP contribution in [0, 0.1) is 5.92 Å². The lowest BCUT2D eigenvalue weighted by Gasteiger charge is -2.34. The predicted octanol–water partition coefficient (Wildman–Crippen LogP) is 2.43. The van der Waals surface area contributed by atoms with Crippen molar-refractivity contribution >= 4 is 0 Å². The standard InChI is InChI=1S/C13H28N2O/c1-11(2)10-15-8-6-12(7-9-15)14-16-13(3,4)5/h11-12,14H,6-10H2,1-5H3. The van der Waals surface area contributed by atoms with Crippen LogP contribution in [0.2, 0.25) is 0 Å². The number of hydrogen-bond acceptors (Lipinski definition) is 3. The molecule has 1 heterocycles.